The lowest BCUT2D eigenvalue weighted by Gasteiger charge is -2.11. The first kappa shape index (κ1) is 13.6. The van der Waals surface area contributed by atoms with Gasteiger partial charge in [-0.3, -0.25) is 0 Å². The molecule has 0 unspecified atom stereocenters. The molecule has 1 N–H and O–H groups in total. The van der Waals surface area contributed by atoms with Crippen LogP contribution in [0.15, 0.2) is 42.5 Å². The first-order chi connectivity index (χ1) is 9.22. The van der Waals surface area contributed by atoms with Gasteiger partial charge in [0.15, 0.2) is 0 Å². The maximum absolute atomic E-state index is 5.35. The van der Waals surface area contributed by atoms with Crippen LogP contribution >= 0.6 is 0 Å². The van der Waals surface area contributed by atoms with Crippen molar-refractivity contribution >= 4 is 0 Å². The van der Waals surface area contributed by atoms with Gasteiger partial charge in [0.05, 0.1) is 7.11 Å². The summed E-state index contributed by atoms with van der Waals surface area (Å²) >= 11 is 0. The molecule has 0 aliphatic carbocycles. The lowest BCUT2D eigenvalue weighted by Crippen LogP contribution is -2.14. The summed E-state index contributed by atoms with van der Waals surface area (Å²) in [6.45, 7) is 6.03. The van der Waals surface area contributed by atoms with Crippen molar-refractivity contribution in [3.05, 3.63) is 64.7 Å². The van der Waals surface area contributed by atoms with Gasteiger partial charge >= 0.3 is 0 Å². The highest BCUT2D eigenvalue weighted by atomic mass is 16.5. The minimum atomic E-state index is 0.817. The van der Waals surface area contributed by atoms with E-state index in [0.717, 1.165) is 18.8 Å². The number of hydrogen-bond donors (Lipinski definition) is 1. The third-order valence-corrected chi connectivity index (χ3v) is 3.54. The minimum absolute atomic E-state index is 0.817. The summed E-state index contributed by atoms with van der Waals surface area (Å²) in [4.78, 5) is 0. The molecule has 0 radical (unpaired) electrons. The summed E-state index contributed by atoms with van der Waals surface area (Å²) in [5, 5.41) is 3.48. The Kier molecular flexibility index (Phi) is 4.58. The van der Waals surface area contributed by atoms with Crippen molar-refractivity contribution in [2.24, 2.45) is 0 Å². The first-order valence-electron chi connectivity index (χ1n) is 6.60. The zero-order valence-electron chi connectivity index (χ0n) is 11.9. The topological polar surface area (TPSA) is 21.3 Å². The summed E-state index contributed by atoms with van der Waals surface area (Å²) in [5.74, 6) is 0.941. The molecule has 2 heteroatoms. The Bertz CT molecular complexity index is 549. The normalized spacial score (nSPS) is 10.5. The van der Waals surface area contributed by atoms with E-state index in [9.17, 15) is 0 Å². The van der Waals surface area contributed by atoms with Crippen LogP contribution in [0.2, 0.25) is 0 Å². The lowest BCUT2D eigenvalue weighted by molar-refractivity contribution is 0.407. The van der Waals surface area contributed by atoms with Crippen molar-refractivity contribution in [1.29, 1.82) is 0 Å². The van der Waals surface area contributed by atoms with Crippen molar-refractivity contribution < 1.29 is 4.74 Å². The maximum Gasteiger partial charge on any atom is 0.123 e. The molecule has 0 spiro atoms. The van der Waals surface area contributed by atoms with E-state index in [1.165, 1.54) is 22.3 Å². The van der Waals surface area contributed by atoms with Crippen molar-refractivity contribution in [1.82, 2.24) is 5.32 Å². The monoisotopic (exact) mass is 255 g/mol. The molecule has 0 aromatic heterocycles. The highest BCUT2D eigenvalue weighted by molar-refractivity contribution is 5.34. The van der Waals surface area contributed by atoms with Crippen LogP contribution in [0.3, 0.4) is 0 Å². The van der Waals surface area contributed by atoms with E-state index in [1.807, 2.05) is 18.2 Å². The Morgan fingerprint density at radius 1 is 0.895 bits per heavy atom. The van der Waals surface area contributed by atoms with Crippen molar-refractivity contribution in [3.8, 4) is 5.75 Å². The van der Waals surface area contributed by atoms with Crippen LogP contribution in [0.1, 0.15) is 22.3 Å². The quantitative estimate of drug-likeness (QED) is 0.881. The highest BCUT2D eigenvalue weighted by Crippen LogP contribution is 2.17. The third-order valence-electron chi connectivity index (χ3n) is 3.54. The van der Waals surface area contributed by atoms with Gasteiger partial charge in [-0.1, -0.05) is 36.4 Å². The molecule has 2 nitrogen and oxygen atoms in total. The molecular weight excluding hydrogens is 234 g/mol. The molecule has 2 rings (SSSR count). The van der Waals surface area contributed by atoms with Crippen LogP contribution in [0, 0.1) is 13.8 Å². The average Bonchev–Trinajstić information content (AvgIpc) is 2.44. The molecule has 0 aliphatic rings. The van der Waals surface area contributed by atoms with E-state index in [0.29, 0.717) is 0 Å². The number of benzene rings is 2. The number of rotatable bonds is 5. The summed E-state index contributed by atoms with van der Waals surface area (Å²) in [6, 6.07) is 14.6. The van der Waals surface area contributed by atoms with E-state index < -0.39 is 0 Å². The Balaban J connectivity index is 1.98. The summed E-state index contributed by atoms with van der Waals surface area (Å²) in [5.41, 5.74) is 5.26. The van der Waals surface area contributed by atoms with Crippen molar-refractivity contribution in [3.63, 3.8) is 0 Å². The molecule has 2 aromatic rings. The standard InChI is InChI=1S/C17H21NO/c1-13-7-6-9-15(14(13)2)11-18-12-16-8-4-5-10-17(16)19-3/h4-10,18H,11-12H2,1-3H3. The van der Waals surface area contributed by atoms with Gasteiger partial charge in [0, 0.05) is 18.7 Å². The molecule has 0 fully saturated rings. The first-order valence-corrected chi connectivity index (χ1v) is 6.60. The van der Waals surface area contributed by atoms with Gasteiger partial charge in [0.2, 0.25) is 0 Å². The Hall–Kier alpha value is -1.80. The zero-order chi connectivity index (χ0) is 13.7. The number of hydrogen-bond acceptors (Lipinski definition) is 2. The van der Waals surface area contributed by atoms with Gasteiger partial charge in [-0.15, -0.1) is 0 Å². The molecule has 19 heavy (non-hydrogen) atoms. The molecule has 0 amide bonds. The SMILES string of the molecule is COc1ccccc1CNCc1cccc(C)c1C. The van der Waals surface area contributed by atoms with Gasteiger partial charge in [-0.25, -0.2) is 0 Å². The molecule has 0 saturated heterocycles. The largest absolute Gasteiger partial charge is 0.496 e. The lowest BCUT2D eigenvalue weighted by atomic mass is 10.0. The summed E-state index contributed by atoms with van der Waals surface area (Å²) < 4.78 is 5.35. The van der Waals surface area contributed by atoms with Crippen LogP contribution in [-0.2, 0) is 13.1 Å². The molecular formula is C17H21NO. The highest BCUT2D eigenvalue weighted by Gasteiger charge is 2.03. The van der Waals surface area contributed by atoms with Crippen LogP contribution in [0.4, 0.5) is 0 Å². The van der Waals surface area contributed by atoms with Gasteiger partial charge in [-0.2, -0.15) is 0 Å². The molecule has 0 heterocycles. The van der Waals surface area contributed by atoms with Gasteiger partial charge in [0.25, 0.3) is 0 Å². The van der Waals surface area contributed by atoms with Crippen molar-refractivity contribution in [2.75, 3.05) is 7.11 Å². The maximum atomic E-state index is 5.35. The van der Waals surface area contributed by atoms with E-state index in [2.05, 4.69) is 43.4 Å². The van der Waals surface area contributed by atoms with Crippen LogP contribution in [-0.4, -0.2) is 7.11 Å². The number of methoxy groups -OCH3 is 1. The van der Waals surface area contributed by atoms with Gasteiger partial charge < -0.3 is 10.1 Å². The average molecular weight is 255 g/mol. The van der Waals surface area contributed by atoms with Crippen molar-refractivity contribution in [2.45, 2.75) is 26.9 Å². The van der Waals surface area contributed by atoms with Crippen LogP contribution < -0.4 is 10.1 Å². The number of para-hydroxylation sites is 1. The number of nitrogens with one attached hydrogen (secondary N) is 1. The van der Waals surface area contributed by atoms with Gasteiger partial charge in [-0.05, 0) is 36.6 Å². The molecule has 0 bridgehead atoms. The van der Waals surface area contributed by atoms with Gasteiger partial charge in [0.1, 0.15) is 5.75 Å². The second kappa shape index (κ2) is 6.39. The Labute approximate surface area is 115 Å². The molecule has 2 aromatic carbocycles. The second-order valence-corrected chi connectivity index (χ2v) is 4.77. The number of aryl methyl sites for hydroxylation is 1. The van der Waals surface area contributed by atoms with E-state index in [-0.39, 0.29) is 0 Å². The molecule has 100 valence electrons. The third kappa shape index (κ3) is 3.36. The van der Waals surface area contributed by atoms with E-state index >= 15 is 0 Å². The van der Waals surface area contributed by atoms with Crippen LogP contribution in [0.25, 0.3) is 0 Å². The summed E-state index contributed by atoms with van der Waals surface area (Å²) in [6.07, 6.45) is 0. The minimum Gasteiger partial charge on any atom is -0.496 e. The van der Waals surface area contributed by atoms with Crippen LogP contribution in [0.5, 0.6) is 5.75 Å². The molecule has 0 atom stereocenters. The molecule has 0 saturated carbocycles. The fourth-order valence-electron chi connectivity index (χ4n) is 2.18. The molecule has 0 aliphatic heterocycles. The second-order valence-electron chi connectivity index (χ2n) is 4.77. The van der Waals surface area contributed by atoms with E-state index in [4.69, 9.17) is 4.74 Å². The zero-order valence-corrected chi connectivity index (χ0v) is 11.9. The predicted octanol–water partition coefficient (Wildman–Crippen LogP) is 3.60. The summed E-state index contributed by atoms with van der Waals surface area (Å²) in [7, 11) is 1.71. The predicted molar refractivity (Wildman–Crippen MR) is 79.5 cm³/mol. The smallest absolute Gasteiger partial charge is 0.123 e. The van der Waals surface area contributed by atoms with E-state index in [1.54, 1.807) is 7.11 Å². The Morgan fingerprint density at radius 2 is 1.58 bits per heavy atom. The fraction of sp³-hybridized carbons (Fsp3) is 0.294. The number of ether oxygens (including phenoxy) is 1. The Morgan fingerprint density at radius 3 is 2.37 bits per heavy atom. The fourth-order valence-corrected chi connectivity index (χ4v) is 2.18.